The van der Waals surface area contributed by atoms with Crippen LogP contribution in [-0.4, -0.2) is 9.91 Å². The molecule has 1 heterocycles. The van der Waals surface area contributed by atoms with Crippen LogP contribution >= 0.6 is 22.6 Å². The molecule has 1 aromatic heterocycles. The zero-order chi connectivity index (χ0) is 8.53. The molecule has 0 aliphatic heterocycles. The minimum Gasteiger partial charge on any atom is -0.265 e. The van der Waals surface area contributed by atoms with E-state index < -0.39 is 0 Å². The van der Waals surface area contributed by atoms with Crippen LogP contribution in [0, 0.1) is 11.3 Å². The molecule has 0 aliphatic rings. The fourth-order valence-electron chi connectivity index (χ4n) is 0.592. The first kappa shape index (κ1) is 10.4. The largest absolute Gasteiger partial charge is 0.265 e. The first-order valence-corrected chi connectivity index (χ1v) is 5.23. The van der Waals surface area contributed by atoms with Gasteiger partial charge in [0.15, 0.2) is 0 Å². The van der Waals surface area contributed by atoms with Crippen LogP contribution < -0.4 is 0 Å². The number of aromatic nitrogens is 1. The highest BCUT2D eigenvalue weighted by atomic mass is 127. The van der Waals surface area contributed by atoms with Crippen LogP contribution in [-0.2, 0) is 6.42 Å². The zero-order valence-electron chi connectivity index (χ0n) is 6.29. The molecule has 0 aromatic carbocycles. The SMILES string of the molecule is CI.N#CCc1ccncc1. The van der Waals surface area contributed by atoms with Crippen molar-refractivity contribution in [2.24, 2.45) is 0 Å². The number of nitriles is 1. The number of halogens is 1. The number of alkyl halides is 1. The standard InChI is InChI=1S/C7H6N2.CH3I/c8-4-1-7-2-5-9-6-3-7;1-2/h2-3,5-6H,1H2;1H3. The smallest absolute Gasteiger partial charge is 0.0669 e. The second-order valence-electron chi connectivity index (χ2n) is 1.69. The van der Waals surface area contributed by atoms with Crippen molar-refractivity contribution in [2.75, 3.05) is 4.93 Å². The number of pyridine rings is 1. The molecule has 3 heteroatoms. The second kappa shape index (κ2) is 7.48. The first-order chi connectivity index (χ1) is 5.43. The molecule has 0 atom stereocenters. The summed E-state index contributed by atoms with van der Waals surface area (Å²) in [5, 5.41) is 8.25. The summed E-state index contributed by atoms with van der Waals surface area (Å²) in [6.45, 7) is 0. The van der Waals surface area contributed by atoms with Crippen molar-refractivity contribution >= 4 is 22.6 Å². The van der Waals surface area contributed by atoms with E-state index in [4.69, 9.17) is 5.26 Å². The molecule has 0 unspecified atom stereocenters. The summed E-state index contributed by atoms with van der Waals surface area (Å²) in [6.07, 6.45) is 3.85. The van der Waals surface area contributed by atoms with E-state index in [9.17, 15) is 0 Å². The summed E-state index contributed by atoms with van der Waals surface area (Å²) in [6, 6.07) is 5.73. The Hall–Kier alpha value is -0.630. The second-order valence-corrected chi connectivity index (χ2v) is 1.69. The van der Waals surface area contributed by atoms with Gasteiger partial charge >= 0.3 is 0 Å². The van der Waals surface area contributed by atoms with Gasteiger partial charge in [0, 0.05) is 12.4 Å². The van der Waals surface area contributed by atoms with Gasteiger partial charge in [-0.25, -0.2) is 0 Å². The van der Waals surface area contributed by atoms with Crippen LogP contribution in [0.4, 0.5) is 0 Å². The maximum Gasteiger partial charge on any atom is 0.0669 e. The third-order valence-electron chi connectivity index (χ3n) is 1.03. The molecule has 1 aromatic rings. The van der Waals surface area contributed by atoms with Gasteiger partial charge in [-0.05, 0) is 22.6 Å². The predicted molar refractivity (Wildman–Crippen MR) is 53.5 cm³/mol. The van der Waals surface area contributed by atoms with Gasteiger partial charge in [-0.2, -0.15) is 5.26 Å². The Labute approximate surface area is 80.4 Å². The molecule has 0 spiro atoms. The van der Waals surface area contributed by atoms with E-state index in [1.54, 1.807) is 12.4 Å². The van der Waals surface area contributed by atoms with Crippen molar-refractivity contribution in [1.29, 1.82) is 5.26 Å². The average molecular weight is 260 g/mol. The maximum atomic E-state index is 8.25. The van der Waals surface area contributed by atoms with Crippen LogP contribution in [0.1, 0.15) is 5.56 Å². The minimum absolute atomic E-state index is 0.475. The van der Waals surface area contributed by atoms with E-state index >= 15 is 0 Å². The average Bonchev–Trinajstić information content (AvgIpc) is 2.11. The first-order valence-electron chi connectivity index (χ1n) is 3.07. The molecule has 0 radical (unpaired) electrons. The lowest BCUT2D eigenvalue weighted by Gasteiger charge is -1.87. The van der Waals surface area contributed by atoms with E-state index in [0.29, 0.717) is 6.42 Å². The van der Waals surface area contributed by atoms with Gasteiger partial charge in [-0.15, -0.1) is 0 Å². The molecular weight excluding hydrogens is 251 g/mol. The lowest BCUT2D eigenvalue weighted by atomic mass is 10.2. The highest BCUT2D eigenvalue weighted by Crippen LogP contribution is 1.94. The number of hydrogen-bond acceptors (Lipinski definition) is 2. The van der Waals surface area contributed by atoms with E-state index in [1.165, 1.54) is 0 Å². The monoisotopic (exact) mass is 260 g/mol. The Morgan fingerprint density at radius 3 is 2.45 bits per heavy atom. The van der Waals surface area contributed by atoms with Crippen molar-refractivity contribution in [3.05, 3.63) is 30.1 Å². The van der Waals surface area contributed by atoms with Crippen molar-refractivity contribution in [1.82, 2.24) is 4.98 Å². The third-order valence-corrected chi connectivity index (χ3v) is 1.03. The molecule has 11 heavy (non-hydrogen) atoms. The normalized spacial score (nSPS) is 7.36. The Morgan fingerprint density at radius 2 is 2.00 bits per heavy atom. The van der Waals surface area contributed by atoms with Gasteiger partial charge in [-0.3, -0.25) is 4.98 Å². The van der Waals surface area contributed by atoms with Crippen LogP contribution in [0.2, 0.25) is 0 Å². The number of nitrogens with zero attached hydrogens (tertiary/aromatic N) is 2. The molecule has 0 amide bonds. The summed E-state index contributed by atoms with van der Waals surface area (Å²) < 4.78 is 0. The van der Waals surface area contributed by atoms with E-state index in [-0.39, 0.29) is 0 Å². The van der Waals surface area contributed by atoms with E-state index in [1.807, 2.05) is 17.1 Å². The van der Waals surface area contributed by atoms with Crippen LogP contribution in [0.15, 0.2) is 24.5 Å². The Kier molecular flexibility index (Phi) is 7.05. The van der Waals surface area contributed by atoms with Crippen molar-refractivity contribution in [3.8, 4) is 6.07 Å². The highest BCUT2D eigenvalue weighted by molar-refractivity contribution is 14.1. The summed E-state index contributed by atoms with van der Waals surface area (Å²) in [4.78, 5) is 5.79. The van der Waals surface area contributed by atoms with Gasteiger partial charge in [-0.1, -0.05) is 22.6 Å². The topological polar surface area (TPSA) is 36.7 Å². The Balaban J connectivity index is 0.000000461. The fraction of sp³-hybridized carbons (Fsp3) is 0.250. The molecule has 0 bridgehead atoms. The molecular formula is C8H9IN2. The fourth-order valence-corrected chi connectivity index (χ4v) is 0.592. The summed E-state index contributed by atoms with van der Waals surface area (Å²) in [5.41, 5.74) is 1.02. The molecule has 0 saturated heterocycles. The molecule has 0 fully saturated rings. The maximum absolute atomic E-state index is 8.25. The van der Waals surface area contributed by atoms with Gasteiger partial charge in [0.05, 0.1) is 12.5 Å². The summed E-state index contributed by atoms with van der Waals surface area (Å²) in [7, 11) is 0. The number of hydrogen-bond donors (Lipinski definition) is 0. The molecule has 2 nitrogen and oxygen atoms in total. The van der Waals surface area contributed by atoms with Gasteiger partial charge in [0.2, 0.25) is 0 Å². The quantitative estimate of drug-likeness (QED) is 0.573. The molecule has 0 N–H and O–H groups in total. The molecule has 58 valence electrons. The van der Waals surface area contributed by atoms with E-state index in [0.717, 1.165) is 5.56 Å². The van der Waals surface area contributed by atoms with Crippen molar-refractivity contribution in [3.63, 3.8) is 0 Å². The summed E-state index contributed by atoms with van der Waals surface area (Å²) in [5.74, 6) is 0. The van der Waals surface area contributed by atoms with Crippen molar-refractivity contribution < 1.29 is 0 Å². The zero-order valence-corrected chi connectivity index (χ0v) is 8.45. The third kappa shape index (κ3) is 4.73. The van der Waals surface area contributed by atoms with Crippen LogP contribution in [0.5, 0.6) is 0 Å². The Bertz CT molecular complexity index is 215. The van der Waals surface area contributed by atoms with Crippen LogP contribution in [0.3, 0.4) is 0 Å². The predicted octanol–water partition coefficient (Wildman–Crippen LogP) is 2.20. The minimum atomic E-state index is 0.475. The lowest BCUT2D eigenvalue weighted by Crippen LogP contribution is -1.79. The van der Waals surface area contributed by atoms with Gasteiger partial charge in [0.1, 0.15) is 0 Å². The van der Waals surface area contributed by atoms with Gasteiger partial charge in [0.25, 0.3) is 0 Å². The molecule has 1 rings (SSSR count). The lowest BCUT2D eigenvalue weighted by molar-refractivity contribution is 1.21. The highest BCUT2D eigenvalue weighted by Gasteiger charge is 1.85. The van der Waals surface area contributed by atoms with Gasteiger partial charge < -0.3 is 0 Å². The van der Waals surface area contributed by atoms with Crippen LogP contribution in [0.25, 0.3) is 0 Å². The summed E-state index contributed by atoms with van der Waals surface area (Å²) >= 11 is 2.15. The Morgan fingerprint density at radius 1 is 1.45 bits per heavy atom. The van der Waals surface area contributed by atoms with E-state index in [2.05, 4.69) is 33.6 Å². The van der Waals surface area contributed by atoms with Crippen molar-refractivity contribution in [2.45, 2.75) is 6.42 Å². The molecule has 0 saturated carbocycles. The number of rotatable bonds is 1. The molecule has 0 aliphatic carbocycles.